The number of unbranched alkanes of at least 4 members (excludes halogenated alkanes) is 9. The molecule has 0 saturated heterocycles. The summed E-state index contributed by atoms with van der Waals surface area (Å²) in [5, 5.41) is 3.53. The fourth-order valence-corrected chi connectivity index (χ4v) is 2.45. The lowest BCUT2D eigenvalue weighted by Gasteiger charge is -2.09. The minimum atomic E-state index is 0.864. The number of rotatable bonds is 16. The van der Waals surface area contributed by atoms with Crippen LogP contribution in [0.1, 0.15) is 70.6 Å². The number of nitrogens with one attached hydrogen (secondary N) is 1. The van der Waals surface area contributed by atoms with Crippen LogP contribution in [0.3, 0.4) is 0 Å². The Morgan fingerprint density at radius 1 is 0.650 bits per heavy atom. The average Bonchev–Trinajstić information content (AvgIpc) is 2.43. The quantitative estimate of drug-likeness (QED) is 0.427. The molecule has 3 N–H and O–H groups in total. The molecule has 0 bridgehead atoms. The summed E-state index contributed by atoms with van der Waals surface area (Å²) in [4.78, 5) is 2.25. The van der Waals surface area contributed by atoms with E-state index in [1.54, 1.807) is 0 Å². The number of nitrogens with zero attached hydrogens (tertiary/aromatic N) is 1. The number of hydrogen-bond acceptors (Lipinski definition) is 3. The molecule has 0 aliphatic heterocycles. The molecule has 0 spiro atoms. The molecule has 20 heavy (non-hydrogen) atoms. The van der Waals surface area contributed by atoms with Gasteiger partial charge in [0.2, 0.25) is 0 Å². The minimum absolute atomic E-state index is 0.864. The Morgan fingerprint density at radius 2 is 1.10 bits per heavy atom. The zero-order chi connectivity index (χ0) is 14.9. The molecule has 0 aliphatic carbocycles. The third-order valence-electron chi connectivity index (χ3n) is 3.77. The monoisotopic (exact) mass is 285 g/mol. The molecule has 0 aliphatic rings. The molecule has 0 aromatic heterocycles. The van der Waals surface area contributed by atoms with Gasteiger partial charge in [0.15, 0.2) is 0 Å². The van der Waals surface area contributed by atoms with Gasteiger partial charge < -0.3 is 16.0 Å². The van der Waals surface area contributed by atoms with Crippen LogP contribution in [-0.2, 0) is 0 Å². The predicted molar refractivity (Wildman–Crippen MR) is 91.3 cm³/mol. The highest BCUT2D eigenvalue weighted by Gasteiger charge is 1.94. The van der Waals surface area contributed by atoms with Crippen molar-refractivity contribution >= 4 is 0 Å². The fourth-order valence-electron chi connectivity index (χ4n) is 2.45. The van der Waals surface area contributed by atoms with Gasteiger partial charge in [0, 0.05) is 0 Å². The van der Waals surface area contributed by atoms with Crippen molar-refractivity contribution < 1.29 is 0 Å². The van der Waals surface area contributed by atoms with E-state index in [4.69, 9.17) is 5.73 Å². The highest BCUT2D eigenvalue weighted by molar-refractivity contribution is 4.52. The fraction of sp³-hybridized carbons (Fsp3) is 1.00. The summed E-state index contributed by atoms with van der Waals surface area (Å²) in [7, 11) is 4.27. The second-order valence-corrected chi connectivity index (χ2v) is 6.23. The first kappa shape index (κ1) is 19.9. The molecule has 0 aromatic rings. The van der Waals surface area contributed by atoms with Crippen LogP contribution in [0.5, 0.6) is 0 Å². The van der Waals surface area contributed by atoms with E-state index in [2.05, 4.69) is 24.3 Å². The van der Waals surface area contributed by atoms with Crippen LogP contribution in [0.15, 0.2) is 0 Å². The summed E-state index contributed by atoms with van der Waals surface area (Å²) < 4.78 is 0. The van der Waals surface area contributed by atoms with Gasteiger partial charge in [0.1, 0.15) is 0 Å². The molecule has 0 unspecified atom stereocenters. The van der Waals surface area contributed by atoms with E-state index in [1.807, 2.05) is 0 Å². The SMILES string of the molecule is CN(C)CCCNCCCCCCCCCCCCN. The van der Waals surface area contributed by atoms with Crippen LogP contribution in [-0.4, -0.2) is 45.2 Å². The maximum absolute atomic E-state index is 5.48. The Morgan fingerprint density at radius 3 is 1.60 bits per heavy atom. The van der Waals surface area contributed by atoms with Gasteiger partial charge in [-0.1, -0.05) is 51.4 Å². The van der Waals surface area contributed by atoms with Crippen molar-refractivity contribution in [3.05, 3.63) is 0 Å². The third kappa shape index (κ3) is 17.9. The lowest BCUT2D eigenvalue weighted by atomic mass is 10.1. The van der Waals surface area contributed by atoms with Crippen molar-refractivity contribution in [3.8, 4) is 0 Å². The van der Waals surface area contributed by atoms with E-state index >= 15 is 0 Å². The van der Waals surface area contributed by atoms with E-state index in [9.17, 15) is 0 Å². The summed E-state index contributed by atoms with van der Waals surface area (Å²) in [5.74, 6) is 0. The zero-order valence-corrected chi connectivity index (χ0v) is 14.1. The van der Waals surface area contributed by atoms with E-state index in [1.165, 1.54) is 90.3 Å². The van der Waals surface area contributed by atoms with E-state index in [0.717, 1.165) is 6.54 Å². The molecule has 0 aromatic carbocycles. The third-order valence-corrected chi connectivity index (χ3v) is 3.77. The van der Waals surface area contributed by atoms with Crippen molar-refractivity contribution in [2.75, 3.05) is 40.3 Å². The Bertz CT molecular complexity index is 172. The lowest BCUT2D eigenvalue weighted by molar-refractivity contribution is 0.393. The summed E-state index contributed by atoms with van der Waals surface area (Å²) in [6, 6.07) is 0. The molecule has 0 amide bonds. The van der Waals surface area contributed by atoms with Crippen LogP contribution < -0.4 is 11.1 Å². The number of hydrogen-bond donors (Lipinski definition) is 2. The van der Waals surface area contributed by atoms with E-state index in [0.29, 0.717) is 0 Å². The molecule has 0 fully saturated rings. The Balaban J connectivity index is 2.92. The molecule has 122 valence electrons. The van der Waals surface area contributed by atoms with Crippen LogP contribution in [0.4, 0.5) is 0 Å². The van der Waals surface area contributed by atoms with Crippen LogP contribution in [0.25, 0.3) is 0 Å². The highest BCUT2D eigenvalue weighted by atomic mass is 15.0. The maximum atomic E-state index is 5.48. The van der Waals surface area contributed by atoms with Gasteiger partial charge in [0.25, 0.3) is 0 Å². The smallest absolute Gasteiger partial charge is 0.00127 e. The standard InChI is InChI=1S/C17H39N3/c1-20(2)17-13-16-19-15-12-10-8-6-4-3-5-7-9-11-14-18/h19H,3-18H2,1-2H3. The van der Waals surface area contributed by atoms with Crippen LogP contribution >= 0.6 is 0 Å². The van der Waals surface area contributed by atoms with Gasteiger partial charge in [-0.25, -0.2) is 0 Å². The summed E-state index contributed by atoms with van der Waals surface area (Å²) in [5.41, 5.74) is 5.48. The Labute approximate surface area is 127 Å². The van der Waals surface area contributed by atoms with Gasteiger partial charge >= 0.3 is 0 Å². The topological polar surface area (TPSA) is 41.3 Å². The maximum Gasteiger partial charge on any atom is -0.00127 e. The van der Waals surface area contributed by atoms with Crippen LogP contribution in [0, 0.1) is 0 Å². The summed E-state index contributed by atoms with van der Waals surface area (Å²) >= 11 is 0. The zero-order valence-electron chi connectivity index (χ0n) is 14.1. The first-order valence-corrected chi connectivity index (χ1v) is 8.83. The minimum Gasteiger partial charge on any atom is -0.330 e. The summed E-state index contributed by atoms with van der Waals surface area (Å²) in [6.45, 7) is 4.43. The van der Waals surface area contributed by atoms with Crippen molar-refractivity contribution in [2.45, 2.75) is 70.6 Å². The number of nitrogens with two attached hydrogens (primary N) is 1. The second kappa shape index (κ2) is 16.9. The first-order chi connectivity index (χ1) is 9.77. The second-order valence-electron chi connectivity index (χ2n) is 6.23. The molecule has 3 heteroatoms. The van der Waals surface area contributed by atoms with Gasteiger partial charge in [-0.05, 0) is 59.5 Å². The summed E-state index contributed by atoms with van der Waals surface area (Å²) in [6.07, 6.45) is 15.0. The molecule has 3 nitrogen and oxygen atoms in total. The molecular formula is C17H39N3. The highest BCUT2D eigenvalue weighted by Crippen LogP contribution is 2.10. The average molecular weight is 286 g/mol. The molecular weight excluding hydrogens is 246 g/mol. The van der Waals surface area contributed by atoms with Crippen molar-refractivity contribution in [3.63, 3.8) is 0 Å². The normalized spacial score (nSPS) is 11.4. The van der Waals surface area contributed by atoms with Gasteiger partial charge in [-0.15, -0.1) is 0 Å². The van der Waals surface area contributed by atoms with E-state index in [-0.39, 0.29) is 0 Å². The van der Waals surface area contributed by atoms with Gasteiger partial charge in [0.05, 0.1) is 0 Å². The Hall–Kier alpha value is -0.120. The lowest BCUT2D eigenvalue weighted by Crippen LogP contribution is -2.22. The largest absolute Gasteiger partial charge is 0.330 e. The molecule has 0 rings (SSSR count). The van der Waals surface area contributed by atoms with Crippen molar-refractivity contribution in [2.24, 2.45) is 5.73 Å². The van der Waals surface area contributed by atoms with Gasteiger partial charge in [-0.2, -0.15) is 0 Å². The molecule has 0 radical (unpaired) electrons. The predicted octanol–water partition coefficient (Wildman–Crippen LogP) is 3.39. The first-order valence-electron chi connectivity index (χ1n) is 8.83. The molecule has 0 saturated carbocycles. The van der Waals surface area contributed by atoms with Gasteiger partial charge in [-0.3, -0.25) is 0 Å². The van der Waals surface area contributed by atoms with Crippen molar-refractivity contribution in [1.29, 1.82) is 0 Å². The van der Waals surface area contributed by atoms with Crippen LogP contribution in [0.2, 0.25) is 0 Å². The Kier molecular flexibility index (Phi) is 16.8. The van der Waals surface area contributed by atoms with Crippen molar-refractivity contribution in [1.82, 2.24) is 10.2 Å². The molecule has 0 atom stereocenters. The van der Waals surface area contributed by atoms with E-state index < -0.39 is 0 Å². The molecule has 0 heterocycles.